The first-order valence-electron chi connectivity index (χ1n) is 7.54. The van der Waals surface area contributed by atoms with Crippen LogP contribution in [0.2, 0.25) is 0 Å². The van der Waals surface area contributed by atoms with E-state index in [0.29, 0.717) is 0 Å². The van der Waals surface area contributed by atoms with Crippen LogP contribution in [0.3, 0.4) is 0 Å². The SMILES string of the molecule is COc1ccc(CN(CCN(C)C)c2ccc(C)cn2)cc1. The van der Waals surface area contributed by atoms with Gasteiger partial charge in [0, 0.05) is 25.8 Å². The monoisotopic (exact) mass is 299 g/mol. The Balaban J connectivity index is 2.13. The minimum atomic E-state index is 0.841. The van der Waals surface area contributed by atoms with Crippen LogP contribution in [0.4, 0.5) is 5.82 Å². The van der Waals surface area contributed by atoms with E-state index in [0.717, 1.165) is 31.2 Å². The summed E-state index contributed by atoms with van der Waals surface area (Å²) in [5.41, 5.74) is 2.43. The van der Waals surface area contributed by atoms with Crippen molar-refractivity contribution in [3.05, 3.63) is 53.7 Å². The topological polar surface area (TPSA) is 28.6 Å². The molecule has 0 aliphatic heterocycles. The number of anilines is 1. The van der Waals surface area contributed by atoms with Crippen LogP contribution in [0.15, 0.2) is 42.6 Å². The highest BCUT2D eigenvalue weighted by molar-refractivity contribution is 5.41. The molecule has 0 bridgehead atoms. The maximum absolute atomic E-state index is 5.22. The molecule has 0 amide bonds. The van der Waals surface area contributed by atoms with E-state index >= 15 is 0 Å². The normalized spacial score (nSPS) is 10.8. The van der Waals surface area contributed by atoms with Crippen LogP contribution in [0.25, 0.3) is 0 Å². The molecule has 4 nitrogen and oxygen atoms in total. The average molecular weight is 299 g/mol. The van der Waals surface area contributed by atoms with Crippen molar-refractivity contribution in [3.8, 4) is 5.75 Å². The van der Waals surface area contributed by atoms with E-state index in [1.54, 1.807) is 7.11 Å². The van der Waals surface area contributed by atoms with Gasteiger partial charge in [0.05, 0.1) is 7.11 Å². The first kappa shape index (κ1) is 16.3. The van der Waals surface area contributed by atoms with Gasteiger partial charge in [-0.2, -0.15) is 0 Å². The first-order chi connectivity index (χ1) is 10.6. The summed E-state index contributed by atoms with van der Waals surface area (Å²) in [6, 6.07) is 12.4. The van der Waals surface area contributed by atoms with Crippen LogP contribution in [0, 0.1) is 6.92 Å². The second-order valence-corrected chi connectivity index (χ2v) is 5.77. The summed E-state index contributed by atoms with van der Waals surface area (Å²) in [5, 5.41) is 0. The molecular weight excluding hydrogens is 274 g/mol. The summed E-state index contributed by atoms with van der Waals surface area (Å²) in [4.78, 5) is 9.07. The van der Waals surface area contributed by atoms with E-state index in [2.05, 4.69) is 60.1 Å². The number of likely N-dealkylation sites (N-methyl/N-ethyl adjacent to an activating group) is 1. The van der Waals surface area contributed by atoms with Crippen LogP contribution in [-0.2, 0) is 6.54 Å². The van der Waals surface area contributed by atoms with Gasteiger partial charge in [-0.05, 0) is 50.3 Å². The lowest BCUT2D eigenvalue weighted by molar-refractivity contribution is 0.411. The number of hydrogen-bond acceptors (Lipinski definition) is 4. The van der Waals surface area contributed by atoms with E-state index in [-0.39, 0.29) is 0 Å². The Morgan fingerprint density at radius 1 is 1.00 bits per heavy atom. The lowest BCUT2D eigenvalue weighted by atomic mass is 10.2. The van der Waals surface area contributed by atoms with Gasteiger partial charge in [0.1, 0.15) is 11.6 Å². The van der Waals surface area contributed by atoms with Crippen molar-refractivity contribution in [1.29, 1.82) is 0 Å². The Kier molecular flexibility index (Phi) is 5.78. The Bertz CT molecular complexity index is 564. The van der Waals surface area contributed by atoms with E-state index in [1.807, 2.05) is 18.3 Å². The lowest BCUT2D eigenvalue weighted by Crippen LogP contribution is -2.31. The van der Waals surface area contributed by atoms with Gasteiger partial charge in [0.15, 0.2) is 0 Å². The number of methoxy groups -OCH3 is 1. The van der Waals surface area contributed by atoms with Crippen molar-refractivity contribution in [2.75, 3.05) is 39.2 Å². The Hall–Kier alpha value is -2.07. The van der Waals surface area contributed by atoms with Crippen molar-refractivity contribution in [2.24, 2.45) is 0 Å². The van der Waals surface area contributed by atoms with Crippen LogP contribution < -0.4 is 9.64 Å². The molecular formula is C18H25N3O. The highest BCUT2D eigenvalue weighted by atomic mass is 16.5. The molecule has 0 radical (unpaired) electrons. The summed E-state index contributed by atoms with van der Waals surface area (Å²) in [5.74, 6) is 1.90. The molecule has 1 aromatic heterocycles. The predicted octanol–water partition coefficient (Wildman–Crippen LogP) is 2.97. The summed E-state index contributed by atoms with van der Waals surface area (Å²) < 4.78 is 5.22. The van der Waals surface area contributed by atoms with Crippen molar-refractivity contribution in [1.82, 2.24) is 9.88 Å². The summed E-state index contributed by atoms with van der Waals surface area (Å²) in [6.45, 7) is 4.83. The number of aromatic nitrogens is 1. The predicted molar refractivity (Wildman–Crippen MR) is 91.6 cm³/mol. The molecule has 0 aliphatic carbocycles. The molecule has 0 N–H and O–H groups in total. The smallest absolute Gasteiger partial charge is 0.128 e. The third-order valence-corrected chi connectivity index (χ3v) is 3.57. The summed E-state index contributed by atoms with van der Waals surface area (Å²) in [7, 11) is 5.87. The van der Waals surface area contributed by atoms with Gasteiger partial charge in [-0.25, -0.2) is 4.98 Å². The van der Waals surface area contributed by atoms with Gasteiger partial charge < -0.3 is 14.5 Å². The maximum atomic E-state index is 5.22. The van der Waals surface area contributed by atoms with E-state index in [1.165, 1.54) is 11.1 Å². The van der Waals surface area contributed by atoms with E-state index in [4.69, 9.17) is 4.74 Å². The summed E-state index contributed by atoms with van der Waals surface area (Å²) in [6.07, 6.45) is 1.92. The molecule has 4 heteroatoms. The average Bonchev–Trinajstić information content (AvgIpc) is 2.53. The van der Waals surface area contributed by atoms with Crippen molar-refractivity contribution >= 4 is 5.82 Å². The molecule has 0 saturated carbocycles. The lowest BCUT2D eigenvalue weighted by Gasteiger charge is -2.25. The number of pyridine rings is 1. The zero-order chi connectivity index (χ0) is 15.9. The molecule has 0 aliphatic rings. The fourth-order valence-electron chi connectivity index (χ4n) is 2.19. The fraction of sp³-hybridized carbons (Fsp3) is 0.389. The summed E-state index contributed by atoms with van der Waals surface area (Å²) >= 11 is 0. The Labute approximate surface area is 133 Å². The van der Waals surface area contributed by atoms with Gasteiger partial charge in [0.2, 0.25) is 0 Å². The van der Waals surface area contributed by atoms with Crippen molar-refractivity contribution in [2.45, 2.75) is 13.5 Å². The number of benzene rings is 1. The second kappa shape index (κ2) is 7.80. The zero-order valence-corrected chi connectivity index (χ0v) is 13.9. The molecule has 118 valence electrons. The third kappa shape index (κ3) is 4.74. The molecule has 2 rings (SSSR count). The largest absolute Gasteiger partial charge is 0.497 e. The van der Waals surface area contributed by atoms with Crippen molar-refractivity contribution in [3.63, 3.8) is 0 Å². The second-order valence-electron chi connectivity index (χ2n) is 5.77. The van der Waals surface area contributed by atoms with Gasteiger partial charge in [-0.1, -0.05) is 18.2 Å². The third-order valence-electron chi connectivity index (χ3n) is 3.57. The number of aryl methyl sites for hydroxylation is 1. The molecule has 1 aromatic carbocycles. The molecule has 1 heterocycles. The standard InChI is InChI=1S/C18H25N3O/c1-15-5-10-18(19-13-15)21(12-11-20(2)3)14-16-6-8-17(22-4)9-7-16/h5-10,13H,11-12,14H2,1-4H3. The Morgan fingerprint density at radius 3 is 2.27 bits per heavy atom. The van der Waals surface area contributed by atoms with Gasteiger partial charge >= 0.3 is 0 Å². The van der Waals surface area contributed by atoms with E-state index < -0.39 is 0 Å². The van der Waals surface area contributed by atoms with Crippen LogP contribution in [0.5, 0.6) is 5.75 Å². The minimum Gasteiger partial charge on any atom is -0.497 e. The van der Waals surface area contributed by atoms with Crippen LogP contribution in [0.1, 0.15) is 11.1 Å². The van der Waals surface area contributed by atoms with Gasteiger partial charge in [0.25, 0.3) is 0 Å². The Morgan fingerprint density at radius 2 is 1.73 bits per heavy atom. The maximum Gasteiger partial charge on any atom is 0.128 e. The highest BCUT2D eigenvalue weighted by Gasteiger charge is 2.09. The minimum absolute atomic E-state index is 0.841. The van der Waals surface area contributed by atoms with Crippen LogP contribution in [-0.4, -0.2) is 44.2 Å². The first-order valence-corrected chi connectivity index (χ1v) is 7.54. The number of rotatable bonds is 7. The zero-order valence-electron chi connectivity index (χ0n) is 13.9. The van der Waals surface area contributed by atoms with Gasteiger partial charge in [-0.15, -0.1) is 0 Å². The molecule has 22 heavy (non-hydrogen) atoms. The molecule has 2 aromatic rings. The van der Waals surface area contributed by atoms with E-state index in [9.17, 15) is 0 Å². The fourth-order valence-corrected chi connectivity index (χ4v) is 2.19. The number of hydrogen-bond donors (Lipinski definition) is 0. The van der Waals surface area contributed by atoms with Crippen molar-refractivity contribution < 1.29 is 4.74 Å². The molecule has 0 fully saturated rings. The highest BCUT2D eigenvalue weighted by Crippen LogP contribution is 2.17. The molecule has 0 atom stereocenters. The van der Waals surface area contributed by atoms with Crippen LogP contribution >= 0.6 is 0 Å². The number of ether oxygens (including phenoxy) is 1. The number of nitrogens with zero attached hydrogens (tertiary/aromatic N) is 3. The molecule has 0 unspecified atom stereocenters. The van der Waals surface area contributed by atoms with Gasteiger partial charge in [-0.3, -0.25) is 0 Å². The molecule has 0 spiro atoms. The molecule has 0 saturated heterocycles. The quantitative estimate of drug-likeness (QED) is 0.786.